The van der Waals surface area contributed by atoms with Crippen LogP contribution in [-0.2, 0) is 6.54 Å². The highest BCUT2D eigenvalue weighted by molar-refractivity contribution is 7.16. The summed E-state index contributed by atoms with van der Waals surface area (Å²) in [6.45, 7) is 4.38. The van der Waals surface area contributed by atoms with Gasteiger partial charge in [-0.05, 0) is 44.2 Å². The highest BCUT2D eigenvalue weighted by atomic mass is 35.5. The van der Waals surface area contributed by atoms with Crippen LogP contribution in [-0.4, -0.2) is 48.4 Å². The molecule has 34 heavy (non-hydrogen) atoms. The molecule has 2 fully saturated rings. The van der Waals surface area contributed by atoms with Gasteiger partial charge in [-0.25, -0.2) is 9.78 Å². The van der Waals surface area contributed by atoms with Gasteiger partial charge in [0.1, 0.15) is 11.5 Å². The van der Waals surface area contributed by atoms with Crippen LogP contribution in [0.25, 0.3) is 0 Å². The topological polar surface area (TPSA) is 100 Å². The van der Waals surface area contributed by atoms with Crippen molar-refractivity contribution in [2.45, 2.75) is 56.1 Å². The molecule has 2 N–H and O–H groups in total. The van der Waals surface area contributed by atoms with Crippen molar-refractivity contribution in [1.29, 1.82) is 0 Å². The Balaban J connectivity index is 1.46. The van der Waals surface area contributed by atoms with E-state index in [-0.39, 0.29) is 17.9 Å². The summed E-state index contributed by atoms with van der Waals surface area (Å²) < 4.78 is 2.09. The third-order valence-corrected chi connectivity index (χ3v) is 8.61. The molecule has 8 nitrogen and oxygen atoms in total. The van der Waals surface area contributed by atoms with Crippen molar-refractivity contribution >= 4 is 52.1 Å². The molecule has 3 aromatic rings. The number of fused-ring (bicyclic) bond motifs is 2. The minimum atomic E-state index is -0.871. The summed E-state index contributed by atoms with van der Waals surface area (Å²) in [6.07, 6.45) is 4.54. The second-order valence-electron chi connectivity index (χ2n) is 8.80. The first-order valence-electron chi connectivity index (χ1n) is 11.0. The predicted octanol–water partition coefficient (Wildman–Crippen LogP) is 5.69. The Labute approximate surface area is 209 Å². The number of thiophene rings is 1. The van der Waals surface area contributed by atoms with Crippen LogP contribution >= 0.6 is 34.3 Å². The summed E-state index contributed by atoms with van der Waals surface area (Å²) in [5.41, 5.74) is 2.29. The van der Waals surface area contributed by atoms with E-state index in [2.05, 4.69) is 16.9 Å². The average Bonchev–Trinajstić information content (AvgIpc) is 3.58. The zero-order valence-corrected chi connectivity index (χ0v) is 20.7. The number of nitrogens with one attached hydrogen (secondary N) is 1. The van der Waals surface area contributed by atoms with Crippen LogP contribution < -0.4 is 5.32 Å². The zero-order chi connectivity index (χ0) is 23.9. The van der Waals surface area contributed by atoms with E-state index in [0.717, 1.165) is 23.4 Å². The Bertz CT molecular complexity index is 1220. The Kier molecular flexibility index (Phi) is 6.22. The summed E-state index contributed by atoms with van der Waals surface area (Å²) in [6, 6.07) is 5.65. The van der Waals surface area contributed by atoms with Gasteiger partial charge in [0, 0.05) is 28.3 Å². The summed E-state index contributed by atoms with van der Waals surface area (Å²) in [7, 11) is 0. The van der Waals surface area contributed by atoms with Crippen molar-refractivity contribution in [2.24, 2.45) is 0 Å². The molecule has 11 heteroatoms. The number of piperidine rings is 1. The lowest BCUT2D eigenvalue weighted by Crippen LogP contribution is -2.54. The van der Waals surface area contributed by atoms with Gasteiger partial charge >= 0.3 is 6.09 Å². The van der Waals surface area contributed by atoms with Crippen molar-refractivity contribution in [3.05, 3.63) is 62.3 Å². The normalized spacial score (nSPS) is 23.7. The quantitative estimate of drug-likeness (QED) is 0.390. The fourth-order valence-electron chi connectivity index (χ4n) is 5.43. The number of nitrogens with zero attached hydrogens (tertiary/aromatic N) is 4. The predicted molar refractivity (Wildman–Crippen MR) is 133 cm³/mol. The minimum absolute atomic E-state index is 0.0456. The molecule has 0 saturated carbocycles. The van der Waals surface area contributed by atoms with E-state index >= 15 is 0 Å². The maximum atomic E-state index is 13.2. The van der Waals surface area contributed by atoms with Gasteiger partial charge in [0.05, 0.1) is 27.6 Å². The van der Waals surface area contributed by atoms with Crippen LogP contribution in [0, 0.1) is 0 Å². The average molecular weight is 518 g/mol. The number of aromatic nitrogens is 3. The van der Waals surface area contributed by atoms with Crippen molar-refractivity contribution < 1.29 is 14.7 Å². The highest BCUT2D eigenvalue weighted by Crippen LogP contribution is 2.51. The largest absolute Gasteiger partial charge is 0.465 e. The molecular weight excluding hydrogens is 494 g/mol. The standard InChI is InChI=1S/C23H24ClN5O3S2/c1-2-6-23-7-5-15(28(23)22(31)32)8-14(10-23)17-9-20(25-11-16-3-4-19(24)34-16)29(27-17)21(30)18-12-33-13-26-18/h2-4,9,12-15,25H,1,5-8,10-11H2,(H,31,32). The van der Waals surface area contributed by atoms with Gasteiger partial charge in [-0.15, -0.1) is 29.3 Å². The second-order valence-corrected chi connectivity index (χ2v) is 11.3. The summed E-state index contributed by atoms with van der Waals surface area (Å²) in [4.78, 5) is 32.1. The van der Waals surface area contributed by atoms with Gasteiger partial charge in [0.25, 0.3) is 5.91 Å². The third kappa shape index (κ3) is 4.14. The Hall–Kier alpha value is -2.69. The molecule has 3 atom stereocenters. The van der Waals surface area contributed by atoms with E-state index in [0.29, 0.717) is 41.7 Å². The molecule has 0 aliphatic carbocycles. The van der Waals surface area contributed by atoms with Gasteiger partial charge in [-0.1, -0.05) is 17.7 Å². The lowest BCUT2D eigenvalue weighted by Gasteiger charge is -2.45. The fraction of sp³-hybridized carbons (Fsp3) is 0.391. The van der Waals surface area contributed by atoms with Crippen molar-refractivity contribution in [1.82, 2.24) is 19.7 Å². The van der Waals surface area contributed by atoms with Crippen LogP contribution in [0.1, 0.15) is 59.1 Å². The molecule has 3 aromatic heterocycles. The summed E-state index contributed by atoms with van der Waals surface area (Å²) in [5.74, 6) is 0.332. The maximum Gasteiger partial charge on any atom is 0.408 e. The number of anilines is 1. The van der Waals surface area contributed by atoms with Gasteiger partial charge in [0.2, 0.25) is 0 Å². The zero-order valence-electron chi connectivity index (χ0n) is 18.3. The number of carboxylic acid groups (broad SMARTS) is 1. The molecule has 2 aliphatic rings. The molecule has 2 bridgehead atoms. The van der Waals surface area contributed by atoms with E-state index in [9.17, 15) is 14.7 Å². The first kappa shape index (κ1) is 23.1. The molecule has 1 amide bonds. The lowest BCUT2D eigenvalue weighted by atomic mass is 9.78. The van der Waals surface area contributed by atoms with Crippen LogP contribution in [0.4, 0.5) is 10.6 Å². The Morgan fingerprint density at radius 1 is 1.41 bits per heavy atom. The highest BCUT2D eigenvalue weighted by Gasteiger charge is 2.54. The molecule has 3 unspecified atom stereocenters. The molecule has 178 valence electrons. The number of halogens is 1. The Morgan fingerprint density at radius 3 is 2.94 bits per heavy atom. The van der Waals surface area contributed by atoms with Gasteiger partial charge < -0.3 is 10.4 Å². The number of carbonyl (C=O) groups excluding carboxylic acids is 1. The number of hydrogen-bond acceptors (Lipinski definition) is 7. The SMILES string of the molecule is C=CCC12CCC(CC(c3cc(NCc4ccc(Cl)s4)n(C(=O)c4cscn4)n3)C1)N2C(=O)O. The van der Waals surface area contributed by atoms with E-state index < -0.39 is 11.6 Å². The molecule has 5 rings (SSSR count). The van der Waals surface area contributed by atoms with Crippen molar-refractivity contribution in [2.75, 3.05) is 5.32 Å². The molecule has 0 radical (unpaired) electrons. The molecule has 2 aliphatic heterocycles. The van der Waals surface area contributed by atoms with E-state index in [1.807, 2.05) is 24.3 Å². The molecule has 0 spiro atoms. The summed E-state index contributed by atoms with van der Waals surface area (Å²) in [5, 5.41) is 19.6. The molecule has 0 aromatic carbocycles. The maximum absolute atomic E-state index is 13.2. The van der Waals surface area contributed by atoms with Crippen LogP contribution in [0.3, 0.4) is 0 Å². The van der Waals surface area contributed by atoms with Crippen LogP contribution in [0.15, 0.2) is 41.7 Å². The number of carbonyl (C=O) groups is 2. The smallest absolute Gasteiger partial charge is 0.408 e. The first-order chi connectivity index (χ1) is 16.4. The second kappa shape index (κ2) is 9.16. The first-order valence-corrected chi connectivity index (χ1v) is 13.2. The van der Waals surface area contributed by atoms with Crippen molar-refractivity contribution in [3.63, 3.8) is 0 Å². The monoisotopic (exact) mass is 517 g/mol. The summed E-state index contributed by atoms with van der Waals surface area (Å²) >= 11 is 8.90. The lowest BCUT2D eigenvalue weighted by molar-refractivity contribution is 0.0448. The number of rotatable bonds is 7. The van der Waals surface area contributed by atoms with E-state index in [4.69, 9.17) is 16.7 Å². The van der Waals surface area contributed by atoms with Gasteiger partial charge in [0.15, 0.2) is 0 Å². The van der Waals surface area contributed by atoms with Crippen LogP contribution in [0.2, 0.25) is 4.34 Å². The minimum Gasteiger partial charge on any atom is -0.465 e. The molecular formula is C23H24ClN5O3S2. The van der Waals surface area contributed by atoms with Crippen LogP contribution in [0.5, 0.6) is 0 Å². The Morgan fingerprint density at radius 2 is 2.26 bits per heavy atom. The number of hydrogen-bond donors (Lipinski definition) is 2. The van der Waals surface area contributed by atoms with E-state index in [1.165, 1.54) is 27.4 Å². The van der Waals surface area contributed by atoms with Gasteiger partial charge in [-0.2, -0.15) is 9.78 Å². The van der Waals surface area contributed by atoms with E-state index in [1.54, 1.807) is 15.8 Å². The van der Waals surface area contributed by atoms with Gasteiger partial charge in [-0.3, -0.25) is 9.69 Å². The molecule has 5 heterocycles. The third-order valence-electron chi connectivity index (χ3n) is 6.80. The molecule has 2 saturated heterocycles. The number of thiazole rings is 1. The van der Waals surface area contributed by atoms with Crippen molar-refractivity contribution in [3.8, 4) is 0 Å². The number of amides is 1. The fourth-order valence-corrected chi connectivity index (χ4v) is 6.99.